The predicted octanol–water partition coefficient (Wildman–Crippen LogP) is 9.29. The van der Waals surface area contributed by atoms with E-state index in [1.807, 2.05) is 21.1 Å². The standard InChI is InChI=1S/C35H70NO8P/c1-6-8-10-12-14-16-17-18-19-20-22-23-25-27-34(37)41-31-33(32-43-45(39,40)42-30-29-36(3,4)5)44-35(38)28-26-24-21-15-13-11-9-7-2/h33H,6-32H2,1-5H3/p+1. The molecule has 268 valence electrons. The quantitative estimate of drug-likeness (QED) is 0.0320. The van der Waals surface area contributed by atoms with Crippen LogP contribution in [0.2, 0.25) is 0 Å². The molecule has 0 aromatic heterocycles. The van der Waals surface area contributed by atoms with Crippen molar-refractivity contribution in [2.75, 3.05) is 47.5 Å². The van der Waals surface area contributed by atoms with E-state index in [1.54, 1.807) is 0 Å². The number of hydrogen-bond acceptors (Lipinski definition) is 7. The topological polar surface area (TPSA) is 108 Å². The molecule has 45 heavy (non-hydrogen) atoms. The molecule has 0 bridgehead atoms. The summed E-state index contributed by atoms with van der Waals surface area (Å²) in [5.41, 5.74) is 0. The van der Waals surface area contributed by atoms with E-state index in [1.165, 1.54) is 96.3 Å². The normalized spacial score (nSPS) is 13.8. The van der Waals surface area contributed by atoms with Crippen LogP contribution in [0.4, 0.5) is 0 Å². The molecule has 0 aliphatic rings. The van der Waals surface area contributed by atoms with E-state index in [2.05, 4.69) is 13.8 Å². The summed E-state index contributed by atoms with van der Waals surface area (Å²) in [6, 6.07) is 0. The van der Waals surface area contributed by atoms with Crippen LogP contribution in [0.1, 0.15) is 162 Å². The smallest absolute Gasteiger partial charge is 0.462 e. The van der Waals surface area contributed by atoms with Crippen LogP contribution in [-0.4, -0.2) is 74.9 Å². The highest BCUT2D eigenvalue weighted by Crippen LogP contribution is 2.43. The van der Waals surface area contributed by atoms with Crippen molar-refractivity contribution >= 4 is 19.8 Å². The molecular weight excluding hydrogens is 593 g/mol. The lowest BCUT2D eigenvalue weighted by atomic mass is 10.0. The second-order valence-corrected chi connectivity index (χ2v) is 15.1. The van der Waals surface area contributed by atoms with Crippen molar-refractivity contribution in [2.24, 2.45) is 0 Å². The largest absolute Gasteiger partial charge is 0.472 e. The van der Waals surface area contributed by atoms with Crippen molar-refractivity contribution in [3.8, 4) is 0 Å². The number of phosphoric ester groups is 1. The Balaban J connectivity index is 4.40. The number of rotatable bonds is 33. The predicted molar refractivity (Wildman–Crippen MR) is 183 cm³/mol. The van der Waals surface area contributed by atoms with Crippen molar-refractivity contribution < 1.29 is 42.1 Å². The summed E-state index contributed by atoms with van der Waals surface area (Å²) in [6.07, 6.45) is 24.4. The molecule has 0 aromatic carbocycles. The van der Waals surface area contributed by atoms with E-state index in [-0.39, 0.29) is 25.6 Å². The highest BCUT2D eigenvalue weighted by molar-refractivity contribution is 7.47. The second kappa shape index (κ2) is 29.2. The van der Waals surface area contributed by atoms with Crippen LogP contribution in [0.25, 0.3) is 0 Å². The lowest BCUT2D eigenvalue weighted by Crippen LogP contribution is -2.37. The first-order chi connectivity index (χ1) is 21.5. The van der Waals surface area contributed by atoms with Crippen LogP contribution >= 0.6 is 7.82 Å². The Hall–Kier alpha value is -0.990. The van der Waals surface area contributed by atoms with Gasteiger partial charge in [0.05, 0.1) is 27.7 Å². The first kappa shape index (κ1) is 44.0. The Bertz CT molecular complexity index is 758. The summed E-state index contributed by atoms with van der Waals surface area (Å²) in [5.74, 6) is -0.797. The third-order valence-corrected chi connectivity index (χ3v) is 8.87. The molecule has 0 spiro atoms. The Morgan fingerprint density at radius 3 is 1.42 bits per heavy atom. The van der Waals surface area contributed by atoms with Gasteiger partial charge >= 0.3 is 19.8 Å². The van der Waals surface area contributed by atoms with Crippen LogP contribution in [0, 0.1) is 0 Å². The second-order valence-electron chi connectivity index (χ2n) is 13.6. The summed E-state index contributed by atoms with van der Waals surface area (Å²) in [5, 5.41) is 0. The zero-order valence-corrected chi connectivity index (χ0v) is 30.8. The summed E-state index contributed by atoms with van der Waals surface area (Å²) < 4.78 is 34.0. The first-order valence-electron chi connectivity index (χ1n) is 18.3. The van der Waals surface area contributed by atoms with Gasteiger partial charge in [0.15, 0.2) is 6.10 Å². The van der Waals surface area contributed by atoms with Crippen LogP contribution in [0.5, 0.6) is 0 Å². The van der Waals surface area contributed by atoms with E-state index >= 15 is 0 Å². The summed E-state index contributed by atoms with van der Waals surface area (Å²) in [6.45, 7) is 4.38. The molecule has 0 heterocycles. The van der Waals surface area contributed by atoms with Crippen molar-refractivity contribution in [3.63, 3.8) is 0 Å². The molecule has 0 radical (unpaired) electrons. The van der Waals surface area contributed by atoms with Crippen LogP contribution < -0.4 is 0 Å². The number of carbonyl (C=O) groups excluding carboxylic acids is 2. The number of nitrogens with zero attached hydrogens (tertiary/aromatic N) is 1. The minimum absolute atomic E-state index is 0.0360. The minimum atomic E-state index is -4.35. The fourth-order valence-corrected chi connectivity index (χ4v) is 5.70. The molecular formula is C35H71NO8P+. The molecule has 0 rings (SSSR count). The summed E-state index contributed by atoms with van der Waals surface area (Å²) in [7, 11) is 1.48. The summed E-state index contributed by atoms with van der Waals surface area (Å²) >= 11 is 0. The van der Waals surface area contributed by atoms with Gasteiger partial charge in [-0.2, -0.15) is 0 Å². The van der Waals surface area contributed by atoms with Gasteiger partial charge in [0.25, 0.3) is 0 Å². The lowest BCUT2D eigenvalue weighted by Gasteiger charge is -2.24. The number of ether oxygens (including phenoxy) is 2. The van der Waals surface area contributed by atoms with Gasteiger partial charge in [0, 0.05) is 12.8 Å². The molecule has 0 aromatic rings. The number of likely N-dealkylation sites (N-methyl/N-ethyl adjacent to an activating group) is 1. The van der Waals surface area contributed by atoms with Gasteiger partial charge < -0.3 is 18.9 Å². The third-order valence-electron chi connectivity index (χ3n) is 7.89. The van der Waals surface area contributed by atoms with Crippen LogP contribution in [0.15, 0.2) is 0 Å². The number of quaternary nitrogens is 1. The van der Waals surface area contributed by atoms with Crippen LogP contribution in [0.3, 0.4) is 0 Å². The molecule has 0 aliphatic heterocycles. The molecule has 0 amide bonds. The molecule has 0 saturated carbocycles. The maximum Gasteiger partial charge on any atom is 0.472 e. The first-order valence-corrected chi connectivity index (χ1v) is 19.8. The number of carbonyl (C=O) groups is 2. The van der Waals surface area contributed by atoms with E-state index < -0.39 is 26.5 Å². The molecule has 2 atom stereocenters. The number of phosphoric acid groups is 1. The van der Waals surface area contributed by atoms with Crippen molar-refractivity contribution in [3.05, 3.63) is 0 Å². The third kappa shape index (κ3) is 32.7. The highest BCUT2D eigenvalue weighted by atomic mass is 31.2. The fraction of sp³-hybridized carbons (Fsp3) is 0.943. The molecule has 1 N–H and O–H groups in total. The van der Waals surface area contributed by atoms with Gasteiger partial charge in [0.2, 0.25) is 0 Å². The molecule has 0 aliphatic carbocycles. The van der Waals surface area contributed by atoms with Gasteiger partial charge in [0.1, 0.15) is 19.8 Å². The van der Waals surface area contributed by atoms with Crippen molar-refractivity contribution in [1.29, 1.82) is 0 Å². The zero-order chi connectivity index (χ0) is 33.7. The van der Waals surface area contributed by atoms with E-state index in [0.717, 1.165) is 32.1 Å². The Labute approximate surface area is 276 Å². The molecule has 10 heteroatoms. The average molecular weight is 665 g/mol. The van der Waals surface area contributed by atoms with Gasteiger partial charge in [-0.15, -0.1) is 0 Å². The molecule has 0 saturated heterocycles. The number of esters is 2. The average Bonchev–Trinajstić information content (AvgIpc) is 2.97. The summed E-state index contributed by atoms with van der Waals surface area (Å²) in [4.78, 5) is 35.0. The van der Waals surface area contributed by atoms with E-state index in [9.17, 15) is 19.0 Å². The van der Waals surface area contributed by atoms with Gasteiger partial charge in [-0.3, -0.25) is 18.6 Å². The van der Waals surface area contributed by atoms with E-state index in [4.69, 9.17) is 18.5 Å². The van der Waals surface area contributed by atoms with Crippen LogP contribution in [-0.2, 0) is 32.7 Å². The SMILES string of the molecule is CCCCCCCCCCCCCCCC(=O)OCC(COP(=O)(O)OCC[N+](C)(C)C)OC(=O)CCCCCCCCCC. The molecule has 9 nitrogen and oxygen atoms in total. The highest BCUT2D eigenvalue weighted by Gasteiger charge is 2.27. The van der Waals surface area contributed by atoms with Gasteiger partial charge in [-0.25, -0.2) is 4.57 Å². The Kier molecular flexibility index (Phi) is 28.5. The fourth-order valence-electron chi connectivity index (χ4n) is 4.95. The number of hydrogen-bond donors (Lipinski definition) is 1. The molecule has 0 fully saturated rings. The van der Waals surface area contributed by atoms with Gasteiger partial charge in [-0.1, -0.05) is 136 Å². The minimum Gasteiger partial charge on any atom is -0.462 e. The molecule has 2 unspecified atom stereocenters. The van der Waals surface area contributed by atoms with Crippen molar-refractivity contribution in [2.45, 2.75) is 168 Å². The maximum atomic E-state index is 12.5. The van der Waals surface area contributed by atoms with Crippen molar-refractivity contribution in [1.82, 2.24) is 0 Å². The maximum absolute atomic E-state index is 12.5. The van der Waals surface area contributed by atoms with Gasteiger partial charge in [-0.05, 0) is 12.8 Å². The zero-order valence-electron chi connectivity index (χ0n) is 29.9. The lowest BCUT2D eigenvalue weighted by molar-refractivity contribution is -0.870. The number of unbranched alkanes of at least 4 members (excludes halogenated alkanes) is 19. The Morgan fingerprint density at radius 2 is 1.00 bits per heavy atom. The Morgan fingerprint density at radius 1 is 0.600 bits per heavy atom. The van der Waals surface area contributed by atoms with E-state index in [0.29, 0.717) is 23.9 Å². The monoisotopic (exact) mass is 664 g/mol.